The number of halogens is 3. The minimum absolute atomic E-state index is 0.0174. The molecule has 1 rings (SSSR count). The van der Waals surface area contributed by atoms with Gasteiger partial charge >= 0.3 is 0 Å². The Morgan fingerprint density at radius 1 is 1.39 bits per heavy atom. The quantitative estimate of drug-likeness (QED) is 0.843. The van der Waals surface area contributed by atoms with Gasteiger partial charge in [0.1, 0.15) is 11.6 Å². The molecule has 18 heavy (non-hydrogen) atoms. The second kappa shape index (κ2) is 6.08. The average molecular weight is 322 g/mol. The topological polar surface area (TPSA) is 35.2 Å². The van der Waals surface area contributed by atoms with Crippen LogP contribution in [0.5, 0.6) is 0 Å². The van der Waals surface area contributed by atoms with Crippen molar-refractivity contribution in [2.75, 3.05) is 7.11 Å². The Balaban J connectivity index is 2.82. The molecule has 0 saturated heterocycles. The molecule has 0 aliphatic rings. The third-order valence-corrected chi connectivity index (χ3v) is 3.52. The molecule has 0 aliphatic heterocycles. The lowest BCUT2D eigenvalue weighted by molar-refractivity contribution is 0.0101. The number of hydrogen-bond acceptors (Lipinski definition) is 2. The van der Waals surface area contributed by atoms with Gasteiger partial charge in [0.2, 0.25) is 0 Å². The summed E-state index contributed by atoms with van der Waals surface area (Å²) in [4.78, 5) is 0. The van der Waals surface area contributed by atoms with Gasteiger partial charge in [-0.2, -0.15) is 0 Å². The van der Waals surface area contributed by atoms with Gasteiger partial charge in [-0.3, -0.25) is 0 Å². The van der Waals surface area contributed by atoms with Crippen LogP contribution in [0.1, 0.15) is 25.8 Å². The summed E-state index contributed by atoms with van der Waals surface area (Å²) in [5.74, 6) is -1.15. The van der Waals surface area contributed by atoms with E-state index in [4.69, 9.17) is 10.5 Å². The second-order valence-corrected chi connectivity index (χ2v) is 5.81. The van der Waals surface area contributed by atoms with Crippen LogP contribution in [-0.4, -0.2) is 18.8 Å². The lowest BCUT2D eigenvalue weighted by Crippen LogP contribution is -2.35. The summed E-state index contributed by atoms with van der Waals surface area (Å²) in [5, 5.41) is 0. The van der Waals surface area contributed by atoms with Crippen LogP contribution in [0.25, 0.3) is 0 Å². The SMILES string of the molecule is COC(C)(C)CC(N)Cc1c(F)ccc(Br)c1F. The van der Waals surface area contributed by atoms with E-state index in [0.717, 1.165) is 0 Å². The van der Waals surface area contributed by atoms with Crippen molar-refractivity contribution < 1.29 is 13.5 Å². The van der Waals surface area contributed by atoms with Crippen LogP contribution in [0.3, 0.4) is 0 Å². The van der Waals surface area contributed by atoms with Crippen molar-refractivity contribution in [2.24, 2.45) is 5.73 Å². The molecular formula is C13H18BrF2NO. The van der Waals surface area contributed by atoms with Crippen LogP contribution < -0.4 is 5.73 Å². The molecular weight excluding hydrogens is 304 g/mol. The average Bonchev–Trinajstić information content (AvgIpc) is 2.29. The molecule has 102 valence electrons. The van der Waals surface area contributed by atoms with Crippen LogP contribution in [0.15, 0.2) is 16.6 Å². The number of ether oxygens (including phenoxy) is 1. The summed E-state index contributed by atoms with van der Waals surface area (Å²) in [5.41, 5.74) is 5.54. The Labute approximate surface area is 115 Å². The van der Waals surface area contributed by atoms with Crippen LogP contribution in [0.2, 0.25) is 0 Å². The molecule has 0 amide bonds. The molecule has 1 aromatic carbocycles. The van der Waals surface area contributed by atoms with E-state index in [-0.39, 0.29) is 22.5 Å². The van der Waals surface area contributed by atoms with Gasteiger partial charge in [0.25, 0.3) is 0 Å². The highest BCUT2D eigenvalue weighted by Gasteiger charge is 2.23. The van der Waals surface area contributed by atoms with E-state index in [1.54, 1.807) is 7.11 Å². The van der Waals surface area contributed by atoms with Gasteiger partial charge in [-0.25, -0.2) is 8.78 Å². The molecule has 0 aromatic heterocycles. The Bertz CT molecular complexity index is 424. The first-order valence-corrected chi connectivity index (χ1v) is 6.49. The van der Waals surface area contributed by atoms with Crippen molar-refractivity contribution in [3.8, 4) is 0 Å². The largest absolute Gasteiger partial charge is 0.379 e. The van der Waals surface area contributed by atoms with Gasteiger partial charge in [-0.05, 0) is 54.8 Å². The zero-order valence-corrected chi connectivity index (χ0v) is 12.4. The molecule has 0 radical (unpaired) electrons. The van der Waals surface area contributed by atoms with Gasteiger partial charge in [0, 0.05) is 18.7 Å². The molecule has 2 nitrogen and oxygen atoms in total. The minimum atomic E-state index is -0.583. The number of hydrogen-bond donors (Lipinski definition) is 1. The maximum Gasteiger partial charge on any atom is 0.143 e. The summed E-state index contributed by atoms with van der Waals surface area (Å²) >= 11 is 3.04. The van der Waals surface area contributed by atoms with Crippen LogP contribution in [-0.2, 0) is 11.2 Å². The van der Waals surface area contributed by atoms with E-state index in [2.05, 4.69) is 15.9 Å². The zero-order valence-electron chi connectivity index (χ0n) is 10.8. The normalized spacial score (nSPS) is 13.7. The highest BCUT2D eigenvalue weighted by Crippen LogP contribution is 2.24. The van der Waals surface area contributed by atoms with Crippen molar-refractivity contribution in [2.45, 2.75) is 38.3 Å². The van der Waals surface area contributed by atoms with Crippen molar-refractivity contribution in [1.82, 2.24) is 0 Å². The van der Waals surface area contributed by atoms with E-state index >= 15 is 0 Å². The third kappa shape index (κ3) is 4.00. The molecule has 0 heterocycles. The molecule has 1 aromatic rings. The Kier molecular flexibility index (Phi) is 5.25. The van der Waals surface area contributed by atoms with E-state index in [9.17, 15) is 8.78 Å². The third-order valence-electron chi connectivity index (χ3n) is 2.91. The first-order valence-electron chi connectivity index (χ1n) is 5.70. The van der Waals surface area contributed by atoms with Crippen molar-refractivity contribution in [3.63, 3.8) is 0 Å². The molecule has 0 bridgehead atoms. The fraction of sp³-hybridized carbons (Fsp3) is 0.538. The monoisotopic (exact) mass is 321 g/mol. The Morgan fingerprint density at radius 2 is 2.00 bits per heavy atom. The van der Waals surface area contributed by atoms with Crippen molar-refractivity contribution >= 4 is 15.9 Å². The predicted octanol–water partition coefficient (Wildman–Crippen LogP) is 3.41. The van der Waals surface area contributed by atoms with Crippen LogP contribution in [0.4, 0.5) is 8.78 Å². The van der Waals surface area contributed by atoms with Gasteiger partial charge in [0.05, 0.1) is 10.1 Å². The van der Waals surface area contributed by atoms with E-state index in [0.29, 0.717) is 6.42 Å². The van der Waals surface area contributed by atoms with Crippen LogP contribution >= 0.6 is 15.9 Å². The maximum absolute atomic E-state index is 13.8. The van der Waals surface area contributed by atoms with Crippen LogP contribution in [0, 0.1) is 11.6 Å². The highest BCUT2D eigenvalue weighted by molar-refractivity contribution is 9.10. The maximum atomic E-state index is 13.8. The Morgan fingerprint density at radius 3 is 2.56 bits per heavy atom. The number of benzene rings is 1. The summed E-state index contributed by atoms with van der Waals surface area (Å²) in [6.07, 6.45) is 0.665. The number of methoxy groups -OCH3 is 1. The van der Waals surface area contributed by atoms with E-state index < -0.39 is 17.2 Å². The molecule has 0 fully saturated rings. The van der Waals surface area contributed by atoms with Gasteiger partial charge in [-0.1, -0.05) is 0 Å². The summed E-state index contributed by atoms with van der Waals surface area (Å²) < 4.78 is 32.8. The molecule has 0 aliphatic carbocycles. The second-order valence-electron chi connectivity index (χ2n) is 4.95. The standard InChI is InChI=1S/C13H18BrF2NO/c1-13(2,18-3)7-8(17)6-9-11(15)5-4-10(14)12(9)16/h4-5,8H,6-7,17H2,1-3H3. The molecule has 5 heteroatoms. The first kappa shape index (κ1) is 15.5. The van der Waals surface area contributed by atoms with Gasteiger partial charge in [-0.15, -0.1) is 0 Å². The fourth-order valence-corrected chi connectivity index (χ4v) is 2.18. The molecule has 0 spiro atoms. The summed E-state index contributed by atoms with van der Waals surface area (Å²) in [6.45, 7) is 3.78. The smallest absolute Gasteiger partial charge is 0.143 e. The first-order chi connectivity index (χ1) is 8.26. The summed E-state index contributed by atoms with van der Waals surface area (Å²) in [6, 6.07) is 2.22. The summed E-state index contributed by atoms with van der Waals surface area (Å²) in [7, 11) is 1.59. The molecule has 1 atom stereocenters. The molecule has 1 unspecified atom stereocenters. The van der Waals surface area contributed by atoms with Gasteiger partial charge in [0.15, 0.2) is 0 Å². The number of rotatable bonds is 5. The lowest BCUT2D eigenvalue weighted by atomic mass is 9.94. The van der Waals surface area contributed by atoms with Crippen molar-refractivity contribution in [3.05, 3.63) is 33.8 Å². The number of nitrogens with two attached hydrogens (primary N) is 1. The minimum Gasteiger partial charge on any atom is -0.379 e. The fourth-order valence-electron chi connectivity index (χ4n) is 1.81. The van der Waals surface area contributed by atoms with E-state index in [1.165, 1.54) is 12.1 Å². The zero-order chi connectivity index (χ0) is 13.9. The Hall–Kier alpha value is -0.520. The lowest BCUT2D eigenvalue weighted by Gasteiger charge is -2.26. The van der Waals surface area contributed by atoms with Gasteiger partial charge < -0.3 is 10.5 Å². The van der Waals surface area contributed by atoms with Crippen molar-refractivity contribution in [1.29, 1.82) is 0 Å². The molecule has 2 N–H and O–H groups in total. The highest BCUT2D eigenvalue weighted by atomic mass is 79.9. The molecule has 0 saturated carbocycles. The van der Waals surface area contributed by atoms with E-state index in [1.807, 2.05) is 13.8 Å². The predicted molar refractivity (Wildman–Crippen MR) is 71.4 cm³/mol.